The van der Waals surface area contributed by atoms with Gasteiger partial charge in [-0.25, -0.2) is 9.97 Å². The molecule has 2 aromatic carbocycles. The van der Waals surface area contributed by atoms with Crippen molar-refractivity contribution in [2.24, 2.45) is 0 Å². The number of aromatic amines is 1. The van der Waals surface area contributed by atoms with E-state index in [2.05, 4.69) is 31.6 Å². The van der Waals surface area contributed by atoms with Crippen molar-refractivity contribution in [1.29, 1.82) is 5.26 Å². The molecule has 2 aromatic heterocycles. The zero-order valence-electron chi connectivity index (χ0n) is 13.6. The highest BCUT2D eigenvalue weighted by atomic mass is 35.5. The van der Waals surface area contributed by atoms with Crippen molar-refractivity contribution < 1.29 is 0 Å². The predicted molar refractivity (Wildman–Crippen MR) is 101 cm³/mol. The molecule has 0 spiro atoms. The second-order valence-corrected chi connectivity index (χ2v) is 6.15. The lowest BCUT2D eigenvalue weighted by atomic mass is 10.1. The third kappa shape index (κ3) is 3.21. The summed E-state index contributed by atoms with van der Waals surface area (Å²) in [5.41, 5.74) is 3.29. The van der Waals surface area contributed by atoms with E-state index >= 15 is 0 Å². The molecule has 0 aliphatic carbocycles. The monoisotopic (exact) mass is 360 g/mol. The number of hydrogen-bond acceptors (Lipinski definition) is 5. The molecule has 0 unspecified atom stereocenters. The van der Waals surface area contributed by atoms with Crippen LogP contribution in [0.15, 0.2) is 54.9 Å². The molecule has 4 rings (SSSR count). The highest BCUT2D eigenvalue weighted by Crippen LogP contribution is 2.24. The summed E-state index contributed by atoms with van der Waals surface area (Å²) in [7, 11) is 0. The van der Waals surface area contributed by atoms with Gasteiger partial charge in [-0.3, -0.25) is 5.10 Å². The highest BCUT2D eigenvalue weighted by molar-refractivity contribution is 6.31. The van der Waals surface area contributed by atoms with Gasteiger partial charge in [-0.15, -0.1) is 0 Å². The fraction of sp³-hybridized carbons (Fsp3) is 0.0526. The minimum absolute atomic E-state index is 0.537. The number of aromatic nitrogens is 4. The Balaban J connectivity index is 1.60. The van der Waals surface area contributed by atoms with Crippen LogP contribution < -0.4 is 5.32 Å². The molecule has 2 heterocycles. The molecule has 0 amide bonds. The van der Waals surface area contributed by atoms with E-state index in [1.807, 2.05) is 30.3 Å². The largest absolute Gasteiger partial charge is 0.366 e. The van der Waals surface area contributed by atoms with E-state index in [1.165, 1.54) is 6.33 Å². The second kappa shape index (κ2) is 6.82. The molecule has 0 aliphatic heterocycles. The van der Waals surface area contributed by atoms with E-state index in [-0.39, 0.29) is 0 Å². The van der Waals surface area contributed by atoms with Crippen LogP contribution in [0.5, 0.6) is 0 Å². The minimum atomic E-state index is 0.537. The minimum Gasteiger partial charge on any atom is -0.366 e. The van der Waals surface area contributed by atoms with Crippen LogP contribution >= 0.6 is 11.6 Å². The van der Waals surface area contributed by atoms with Crippen LogP contribution in [-0.2, 0) is 6.54 Å². The van der Waals surface area contributed by atoms with Crippen LogP contribution in [0.2, 0.25) is 5.02 Å². The number of rotatable bonds is 4. The maximum atomic E-state index is 9.41. The lowest BCUT2D eigenvalue weighted by Crippen LogP contribution is -2.02. The van der Waals surface area contributed by atoms with Crippen molar-refractivity contribution in [2.45, 2.75) is 6.54 Å². The van der Waals surface area contributed by atoms with Crippen molar-refractivity contribution in [3.63, 3.8) is 0 Å². The molecule has 4 aromatic rings. The summed E-state index contributed by atoms with van der Waals surface area (Å²) >= 11 is 6.02. The molecule has 0 atom stereocenters. The molecule has 6 nitrogen and oxygen atoms in total. The van der Waals surface area contributed by atoms with Gasteiger partial charge in [-0.1, -0.05) is 29.8 Å². The number of H-pyrrole nitrogens is 1. The van der Waals surface area contributed by atoms with E-state index in [0.29, 0.717) is 22.9 Å². The molecule has 0 bridgehead atoms. The summed E-state index contributed by atoms with van der Waals surface area (Å²) in [6, 6.07) is 17.2. The Labute approximate surface area is 154 Å². The first-order valence-electron chi connectivity index (χ1n) is 7.92. The molecule has 0 saturated carbocycles. The van der Waals surface area contributed by atoms with Crippen LogP contribution in [0, 0.1) is 11.3 Å². The third-order valence-corrected chi connectivity index (χ3v) is 4.22. The van der Waals surface area contributed by atoms with Crippen molar-refractivity contribution in [1.82, 2.24) is 20.2 Å². The van der Waals surface area contributed by atoms with Crippen molar-refractivity contribution in [2.75, 3.05) is 5.32 Å². The number of nitrogens with one attached hydrogen (secondary N) is 2. The Hall–Kier alpha value is -3.43. The molecule has 0 fully saturated rings. The maximum Gasteiger partial charge on any atom is 0.155 e. The Kier molecular flexibility index (Phi) is 4.22. The summed E-state index contributed by atoms with van der Waals surface area (Å²) in [5, 5.41) is 20.7. The smallest absolute Gasteiger partial charge is 0.155 e. The molecule has 7 heteroatoms. The summed E-state index contributed by atoms with van der Waals surface area (Å²) in [5.74, 6) is 1.36. The topological polar surface area (TPSA) is 90.3 Å². The molecule has 0 aliphatic rings. The van der Waals surface area contributed by atoms with E-state index in [9.17, 15) is 5.26 Å². The molecule has 26 heavy (non-hydrogen) atoms. The zero-order chi connectivity index (χ0) is 17.9. The van der Waals surface area contributed by atoms with Crippen LogP contribution in [0.1, 0.15) is 11.1 Å². The molecular formula is C19H13ClN6. The van der Waals surface area contributed by atoms with E-state index in [1.54, 1.807) is 18.2 Å². The Morgan fingerprint density at radius 3 is 2.88 bits per heavy atom. The fourth-order valence-corrected chi connectivity index (χ4v) is 2.92. The number of fused-ring (bicyclic) bond motifs is 1. The summed E-state index contributed by atoms with van der Waals surface area (Å²) in [6.07, 6.45) is 1.48. The predicted octanol–water partition coefficient (Wildman–Crippen LogP) is 4.16. The molecule has 0 saturated heterocycles. The molecular weight excluding hydrogens is 348 g/mol. The van der Waals surface area contributed by atoms with Crippen LogP contribution in [0.25, 0.3) is 22.3 Å². The maximum absolute atomic E-state index is 9.41. The van der Waals surface area contributed by atoms with Gasteiger partial charge in [-0.05, 0) is 35.9 Å². The van der Waals surface area contributed by atoms with Gasteiger partial charge in [0.05, 0.1) is 17.1 Å². The molecule has 2 N–H and O–H groups in total. The Morgan fingerprint density at radius 1 is 1.15 bits per heavy atom. The van der Waals surface area contributed by atoms with Crippen LogP contribution in [0.4, 0.5) is 5.82 Å². The average molecular weight is 361 g/mol. The first-order valence-corrected chi connectivity index (χ1v) is 8.30. The first kappa shape index (κ1) is 16.1. The van der Waals surface area contributed by atoms with E-state index in [4.69, 9.17) is 11.6 Å². The van der Waals surface area contributed by atoms with Crippen molar-refractivity contribution in [3.8, 4) is 17.5 Å². The van der Waals surface area contributed by atoms with Crippen molar-refractivity contribution in [3.05, 3.63) is 71.0 Å². The van der Waals surface area contributed by atoms with Gasteiger partial charge >= 0.3 is 0 Å². The Bertz CT molecular complexity index is 1110. The molecule has 0 radical (unpaired) electrons. The Morgan fingerprint density at radius 2 is 2.08 bits per heavy atom. The first-order chi connectivity index (χ1) is 12.7. The zero-order valence-corrected chi connectivity index (χ0v) is 14.3. The standard InChI is InChI=1S/C19H13ClN6/c20-15-4-5-17-16(8-15)14(9-21)7-18(25-17)22-10-12-2-1-3-13(6-12)19-23-11-24-26-19/h1-8,11H,10H2,(H,22,25)(H,23,24,26). The fourth-order valence-electron chi connectivity index (χ4n) is 2.75. The SMILES string of the molecule is N#Cc1cc(NCc2cccc(-c3ncn[nH]3)c2)nc2ccc(Cl)cc12. The highest BCUT2D eigenvalue weighted by Gasteiger charge is 2.07. The van der Waals surface area contributed by atoms with Gasteiger partial charge in [0, 0.05) is 22.5 Å². The van der Waals surface area contributed by atoms with Crippen LogP contribution in [-0.4, -0.2) is 20.2 Å². The summed E-state index contributed by atoms with van der Waals surface area (Å²) < 4.78 is 0. The summed E-state index contributed by atoms with van der Waals surface area (Å²) in [4.78, 5) is 8.73. The van der Waals surface area contributed by atoms with Crippen molar-refractivity contribution >= 4 is 28.3 Å². The van der Waals surface area contributed by atoms with Gasteiger partial charge in [0.15, 0.2) is 5.82 Å². The van der Waals surface area contributed by atoms with E-state index < -0.39 is 0 Å². The van der Waals surface area contributed by atoms with E-state index in [0.717, 1.165) is 27.9 Å². The number of anilines is 1. The number of halogens is 1. The number of hydrogen-bond donors (Lipinski definition) is 2. The van der Waals surface area contributed by atoms with Crippen LogP contribution in [0.3, 0.4) is 0 Å². The number of nitriles is 1. The van der Waals surface area contributed by atoms with Gasteiger partial charge in [-0.2, -0.15) is 10.4 Å². The van der Waals surface area contributed by atoms with Gasteiger partial charge in [0.2, 0.25) is 0 Å². The number of nitrogens with zero attached hydrogens (tertiary/aromatic N) is 4. The summed E-state index contributed by atoms with van der Waals surface area (Å²) in [6.45, 7) is 0.568. The van der Waals surface area contributed by atoms with Gasteiger partial charge < -0.3 is 5.32 Å². The quantitative estimate of drug-likeness (QED) is 0.570. The average Bonchev–Trinajstić information content (AvgIpc) is 3.21. The second-order valence-electron chi connectivity index (χ2n) is 5.72. The molecule has 126 valence electrons. The lowest BCUT2D eigenvalue weighted by Gasteiger charge is -2.09. The lowest BCUT2D eigenvalue weighted by molar-refractivity contribution is 1.09. The number of pyridine rings is 1. The van der Waals surface area contributed by atoms with Gasteiger partial charge in [0.1, 0.15) is 12.1 Å². The normalized spacial score (nSPS) is 10.6. The third-order valence-electron chi connectivity index (χ3n) is 3.98. The van der Waals surface area contributed by atoms with Gasteiger partial charge in [0.25, 0.3) is 0 Å². The number of benzene rings is 2.